The van der Waals surface area contributed by atoms with Crippen LogP contribution in [0.15, 0.2) is 110 Å². The second-order valence-corrected chi connectivity index (χ2v) is 6.49. The molecule has 0 saturated carbocycles. The Morgan fingerprint density at radius 3 is 1.09 bits per heavy atom. The third-order valence-corrected chi connectivity index (χ3v) is 4.53. The molecule has 0 aliphatic rings. The van der Waals surface area contributed by atoms with Gasteiger partial charge in [0.2, 0.25) is 0 Å². The topological polar surface area (TPSA) is 7.76 Å². The zero-order valence-electron chi connectivity index (χ0n) is 19.1. The smallest absolute Gasteiger partial charge is 0.269 e. The first-order valence-electron chi connectivity index (χ1n) is 10.0. The van der Waals surface area contributed by atoms with E-state index in [9.17, 15) is 0 Å². The van der Waals surface area contributed by atoms with E-state index in [0.717, 1.165) is 13.1 Å². The molecular weight excluding hydrogens is 672 g/mol. The van der Waals surface area contributed by atoms with Gasteiger partial charge in [-0.2, -0.15) is 0 Å². The third-order valence-electron chi connectivity index (χ3n) is 4.53. The maximum absolute atomic E-state index is 8.75. The molecule has 0 amide bonds. The van der Waals surface area contributed by atoms with Crippen molar-refractivity contribution in [1.82, 2.24) is 0 Å². The summed E-state index contributed by atoms with van der Waals surface area (Å²) in [7, 11) is 7.00. The fraction of sp³-hybridized carbons (Fsp3) is 0.0833. The Balaban J connectivity index is 0.00000124. The molecule has 0 bridgehead atoms. The second-order valence-electron chi connectivity index (χ2n) is 6.49. The van der Waals surface area contributed by atoms with Crippen molar-refractivity contribution in [3.05, 3.63) is 121 Å². The quantitative estimate of drug-likeness (QED) is 0.128. The summed E-state index contributed by atoms with van der Waals surface area (Å²) in [5.74, 6) is 0. The normalized spacial score (nSPS) is 9.44. The van der Waals surface area contributed by atoms with Crippen LogP contribution in [0.3, 0.4) is 0 Å². The molecule has 2 aromatic heterocycles. The minimum absolute atomic E-state index is 0.896. The van der Waals surface area contributed by atoms with Crippen molar-refractivity contribution in [2.24, 2.45) is 0 Å². The van der Waals surface area contributed by atoms with E-state index in [2.05, 4.69) is 141 Å². The molecule has 0 aliphatic carbocycles. The Bertz CT molecular complexity index is 904. The first-order chi connectivity index (χ1) is 16.9. The molecule has 0 fully saturated rings. The van der Waals surface area contributed by atoms with E-state index < -0.39 is 0 Å². The van der Waals surface area contributed by atoms with Gasteiger partial charge in [-0.1, -0.05) is 60.7 Å². The number of aromatic nitrogens is 2. The number of benzene rings is 2. The van der Waals surface area contributed by atoms with Crippen molar-refractivity contribution in [1.29, 1.82) is 2.90 Å². The summed E-state index contributed by atoms with van der Waals surface area (Å²) >= 11 is 3.69. The van der Waals surface area contributed by atoms with E-state index in [4.69, 9.17) is 9.44 Å². The van der Waals surface area contributed by atoms with Crippen LogP contribution in [0.5, 0.6) is 0 Å². The highest BCUT2D eigenvalue weighted by Crippen LogP contribution is 2.15. The molecule has 32 heavy (non-hydrogen) atoms. The Labute approximate surface area is 226 Å². The summed E-state index contributed by atoms with van der Waals surface area (Å²) in [6.45, 7) is 1.79. The van der Waals surface area contributed by atoms with Gasteiger partial charge in [0.05, 0.1) is 0 Å². The van der Waals surface area contributed by atoms with Crippen LogP contribution in [0.2, 0.25) is 0 Å². The summed E-state index contributed by atoms with van der Waals surface area (Å²) in [5.41, 5.74) is 5.10. The molecule has 170 valence electrons. The molecule has 0 atom stereocenters. The van der Waals surface area contributed by atoms with Crippen LogP contribution < -0.4 is 9.13 Å². The minimum Gasteiger partial charge on any atom is -0.269 e. The molecule has 4 rings (SSSR count). The number of nitrogens with zero attached hydrogens (tertiary/aromatic N) is 2. The van der Waals surface area contributed by atoms with Crippen LogP contribution in [0.25, 0.3) is 11.1 Å². The number of hydrogen-bond donors (Lipinski definition) is 2. The van der Waals surface area contributed by atoms with Gasteiger partial charge in [-0.3, -0.25) is 9.44 Å². The van der Waals surface area contributed by atoms with E-state index in [1.54, 1.807) is 0 Å². The number of hydrogen-bond acceptors (Lipinski definition) is 2. The highest BCUT2D eigenvalue weighted by Gasteiger charge is 2.07. The van der Waals surface area contributed by atoms with Gasteiger partial charge < -0.3 is 0 Å². The highest BCUT2D eigenvalue weighted by atomic mass is 127. The Hall–Kier alpha value is -1.24. The summed E-state index contributed by atoms with van der Waals surface area (Å²) < 4.78 is 30.4. The maximum Gasteiger partial charge on any atom is 0.269 e. The molecule has 0 saturated heterocycles. The van der Waals surface area contributed by atoms with Crippen LogP contribution in [0.1, 0.15) is 11.1 Å². The second kappa shape index (κ2) is 18.2. The van der Waals surface area contributed by atoms with Crippen LogP contribution in [-0.4, -0.2) is 2.90 Å². The standard InChI is InChI=1S/C24H22N2.2FH.2HIS/c1-3-7-21(8-4-1)19-25-15-11-23(12-16-25)24-13-17-26(18-14-24)20-22-9-5-2-6-10-22;;;2*1-2/h1-18H,19-20H2;2*1H;2*2H/q+2;;;;/i/hT2. The van der Waals surface area contributed by atoms with Crippen molar-refractivity contribution in [3.63, 3.8) is 0 Å². The fourth-order valence-electron chi connectivity index (χ4n) is 3.10. The van der Waals surface area contributed by atoms with E-state index in [-0.39, 0.29) is 0 Å². The predicted molar refractivity (Wildman–Crippen MR) is 154 cm³/mol. The van der Waals surface area contributed by atoms with Crippen molar-refractivity contribution in [2.75, 3.05) is 0 Å². The number of pyridine rings is 2. The van der Waals surface area contributed by atoms with Gasteiger partial charge in [-0.25, -0.2) is 9.13 Å². The van der Waals surface area contributed by atoms with Gasteiger partial charge in [0.15, 0.2) is 37.9 Å². The van der Waals surface area contributed by atoms with Gasteiger partial charge in [0, 0.05) is 35.4 Å². The van der Waals surface area contributed by atoms with Crippen molar-refractivity contribution < 1.29 is 18.6 Å². The summed E-state index contributed by atoms with van der Waals surface area (Å²) in [4.78, 5) is 0. The largest absolute Gasteiger partial charge is 0.269 e. The van der Waals surface area contributed by atoms with Crippen molar-refractivity contribution in [3.8, 4) is 11.1 Å². The SMILES string of the molecule is SI.SI.[3H]F.[3H]F.c1ccc(C[n+]2ccc(-c3cc[n+](Cc4ccccc4)cc3)cc2)cc1. The molecule has 0 unspecified atom stereocenters. The average Bonchev–Trinajstić information content (AvgIpc) is 2.95. The van der Waals surface area contributed by atoms with E-state index >= 15 is 0 Å². The Morgan fingerprint density at radius 1 is 0.531 bits per heavy atom. The van der Waals surface area contributed by atoms with Gasteiger partial charge in [0.1, 0.15) is 0 Å². The molecule has 0 radical (unpaired) electrons. The van der Waals surface area contributed by atoms with Crippen LogP contribution in [0, 0.1) is 0 Å². The number of halogens is 4. The van der Waals surface area contributed by atoms with Crippen LogP contribution >= 0.6 is 62.0 Å². The van der Waals surface area contributed by atoms with Crippen LogP contribution in [0.4, 0.5) is 9.44 Å². The van der Waals surface area contributed by atoms with Gasteiger partial charge in [-0.15, -0.1) is 19.6 Å². The number of rotatable bonds is 5. The molecule has 2 heterocycles. The zero-order chi connectivity index (χ0) is 25.6. The molecular formula is C24H26F2I2N2S2+2. The lowest BCUT2D eigenvalue weighted by atomic mass is 10.1. The molecule has 2 aromatic carbocycles. The lowest BCUT2D eigenvalue weighted by Crippen LogP contribution is -2.33. The van der Waals surface area contributed by atoms with E-state index in [0.29, 0.717) is 0 Å². The third kappa shape index (κ3) is 10.1. The average molecular weight is 702 g/mol. The fourth-order valence-corrected chi connectivity index (χ4v) is 3.10. The first-order valence-corrected chi connectivity index (χ1v) is 15.7. The summed E-state index contributed by atoms with van der Waals surface area (Å²) in [5, 5.41) is 0. The molecule has 0 aliphatic heterocycles. The minimum atomic E-state index is 0.896. The molecule has 4 aromatic rings. The number of thiol groups is 2. The predicted octanol–water partition coefficient (Wildman–Crippen LogP) is 6.86. The molecule has 8 heteroatoms. The highest BCUT2D eigenvalue weighted by molar-refractivity contribution is 14.2. The Kier molecular flexibility index (Phi) is 15.4. The zero-order valence-corrected chi connectivity index (χ0v) is 23.2. The monoisotopic (exact) mass is 702 g/mol. The molecule has 0 N–H and O–H groups in total. The first kappa shape index (κ1) is 27.0. The van der Waals surface area contributed by atoms with Crippen LogP contribution in [-0.2, 0) is 13.1 Å². The van der Waals surface area contributed by atoms with E-state index in [1.807, 2.05) is 42.4 Å². The van der Waals surface area contributed by atoms with Gasteiger partial charge in [0.25, 0.3) is 2.90 Å². The summed E-state index contributed by atoms with van der Waals surface area (Å²) in [6, 6.07) is 29.8. The summed E-state index contributed by atoms with van der Waals surface area (Å²) in [6.07, 6.45) is 8.58. The van der Waals surface area contributed by atoms with Gasteiger partial charge in [-0.05, 0) is 53.5 Å². The maximum atomic E-state index is 8.75. The van der Waals surface area contributed by atoms with Crippen molar-refractivity contribution in [2.45, 2.75) is 13.1 Å². The van der Waals surface area contributed by atoms with Crippen molar-refractivity contribution >= 4 is 62.0 Å². The lowest BCUT2D eigenvalue weighted by molar-refractivity contribution is -0.688. The Morgan fingerprint density at radius 2 is 0.812 bits per heavy atom. The van der Waals surface area contributed by atoms with E-state index in [1.165, 1.54) is 22.3 Å². The van der Waals surface area contributed by atoms with Gasteiger partial charge >= 0.3 is 0 Å². The molecule has 0 spiro atoms. The lowest BCUT2D eigenvalue weighted by Gasteiger charge is -2.02. The molecule has 2 nitrogen and oxygen atoms in total.